The average molecular weight is 374 g/mol. The highest BCUT2D eigenvalue weighted by Crippen LogP contribution is 2.27. The number of anilines is 1. The van der Waals surface area contributed by atoms with Gasteiger partial charge in [-0.05, 0) is 19.9 Å². The van der Waals surface area contributed by atoms with Crippen LogP contribution in [0.2, 0.25) is 0 Å². The molecule has 0 bridgehead atoms. The molecule has 0 aliphatic heterocycles. The summed E-state index contributed by atoms with van der Waals surface area (Å²) in [5.41, 5.74) is 2.71. The lowest BCUT2D eigenvalue weighted by atomic mass is 10.2. The van der Waals surface area contributed by atoms with E-state index in [2.05, 4.69) is 20.5 Å². The van der Waals surface area contributed by atoms with Crippen LogP contribution in [0.1, 0.15) is 29.5 Å². The third-order valence-corrected chi connectivity index (χ3v) is 4.61. The maximum atomic E-state index is 12.1. The predicted molar refractivity (Wildman–Crippen MR) is 96.2 cm³/mol. The second-order valence-corrected chi connectivity index (χ2v) is 6.42. The minimum atomic E-state index is -1.09. The van der Waals surface area contributed by atoms with Crippen molar-refractivity contribution in [2.45, 2.75) is 33.4 Å². The van der Waals surface area contributed by atoms with Gasteiger partial charge < -0.3 is 10.4 Å². The molecule has 3 rings (SSSR count). The zero-order valence-electron chi connectivity index (χ0n) is 14.3. The number of carboxylic acids is 1. The summed E-state index contributed by atoms with van der Waals surface area (Å²) in [5.74, 6) is -1.30. The zero-order valence-corrected chi connectivity index (χ0v) is 15.2. The van der Waals surface area contributed by atoms with Crippen LogP contribution in [0.25, 0.3) is 11.3 Å². The van der Waals surface area contributed by atoms with E-state index in [1.165, 1.54) is 28.3 Å². The van der Waals surface area contributed by atoms with Gasteiger partial charge in [0.25, 0.3) is 0 Å². The van der Waals surface area contributed by atoms with Crippen LogP contribution in [0.15, 0.2) is 23.8 Å². The van der Waals surface area contributed by atoms with Gasteiger partial charge in [-0.15, -0.1) is 11.3 Å². The van der Waals surface area contributed by atoms with Gasteiger partial charge in [0.2, 0.25) is 5.91 Å². The Morgan fingerprint density at radius 3 is 2.85 bits per heavy atom. The summed E-state index contributed by atoms with van der Waals surface area (Å²) >= 11 is 1.35. The zero-order chi connectivity index (χ0) is 18.7. The van der Waals surface area contributed by atoms with Crippen molar-refractivity contribution in [1.82, 2.24) is 24.5 Å². The number of hydrogen-bond donors (Lipinski definition) is 2. The minimum Gasteiger partial charge on any atom is -0.476 e. The van der Waals surface area contributed by atoms with Gasteiger partial charge in [-0.2, -0.15) is 10.2 Å². The highest BCUT2D eigenvalue weighted by Gasteiger charge is 2.13. The molecule has 136 valence electrons. The Balaban J connectivity index is 1.58. The van der Waals surface area contributed by atoms with E-state index < -0.39 is 5.97 Å². The van der Waals surface area contributed by atoms with Gasteiger partial charge in [-0.25, -0.2) is 9.78 Å². The molecular weight excluding hydrogens is 356 g/mol. The Morgan fingerprint density at radius 2 is 2.19 bits per heavy atom. The van der Waals surface area contributed by atoms with Crippen molar-refractivity contribution in [3.05, 3.63) is 35.2 Å². The summed E-state index contributed by atoms with van der Waals surface area (Å²) in [7, 11) is 0. The average Bonchev–Trinajstić information content (AvgIpc) is 3.32. The van der Waals surface area contributed by atoms with Crippen molar-refractivity contribution < 1.29 is 14.7 Å². The first-order valence-corrected chi connectivity index (χ1v) is 8.90. The van der Waals surface area contributed by atoms with Crippen LogP contribution in [-0.2, 0) is 17.9 Å². The number of aromatic carboxylic acids is 1. The molecule has 0 aromatic carbocycles. The number of rotatable bonds is 7. The molecule has 9 nitrogen and oxygen atoms in total. The van der Waals surface area contributed by atoms with Gasteiger partial charge in [0, 0.05) is 42.3 Å². The first-order valence-electron chi connectivity index (χ1n) is 8.02. The first kappa shape index (κ1) is 17.8. The molecule has 3 aromatic heterocycles. The fourth-order valence-electron chi connectivity index (χ4n) is 2.47. The predicted octanol–water partition coefficient (Wildman–Crippen LogP) is 2.26. The molecule has 0 aliphatic carbocycles. The molecule has 0 atom stereocenters. The Labute approximate surface area is 153 Å². The van der Waals surface area contributed by atoms with Crippen LogP contribution in [-0.4, -0.2) is 41.5 Å². The van der Waals surface area contributed by atoms with Crippen molar-refractivity contribution in [3.63, 3.8) is 0 Å². The standard InChI is InChI=1S/C16H18N6O3S/c1-3-22-10(2)11(8-17-22)13-9-26-16(18-13)19-14(23)5-7-21-6-4-12(20-21)15(24)25/h4,6,8-9H,3,5,7H2,1-2H3,(H,24,25)(H,18,19,23). The number of aryl methyl sites for hydroxylation is 2. The fourth-order valence-corrected chi connectivity index (χ4v) is 3.20. The van der Waals surface area contributed by atoms with Crippen LogP contribution in [0.3, 0.4) is 0 Å². The molecule has 0 spiro atoms. The second kappa shape index (κ2) is 7.48. The molecule has 3 aromatic rings. The van der Waals surface area contributed by atoms with Crippen LogP contribution in [0.5, 0.6) is 0 Å². The quantitative estimate of drug-likeness (QED) is 0.655. The number of thiazole rings is 1. The van der Waals surface area contributed by atoms with E-state index in [1.807, 2.05) is 23.9 Å². The third-order valence-electron chi connectivity index (χ3n) is 3.86. The Bertz CT molecular complexity index is 942. The molecule has 2 N–H and O–H groups in total. The maximum absolute atomic E-state index is 12.1. The summed E-state index contributed by atoms with van der Waals surface area (Å²) in [6.07, 6.45) is 3.48. The molecule has 0 aliphatic rings. The van der Waals surface area contributed by atoms with Crippen LogP contribution < -0.4 is 5.32 Å². The largest absolute Gasteiger partial charge is 0.476 e. The minimum absolute atomic E-state index is 0.0435. The molecule has 0 saturated carbocycles. The highest BCUT2D eigenvalue weighted by molar-refractivity contribution is 7.14. The number of hydrogen-bond acceptors (Lipinski definition) is 6. The SMILES string of the molecule is CCn1ncc(-c2csc(NC(=O)CCn3ccc(C(=O)O)n3)n2)c1C. The summed E-state index contributed by atoms with van der Waals surface area (Å²) in [6, 6.07) is 1.39. The van der Waals surface area contributed by atoms with Crippen LogP contribution in [0, 0.1) is 6.92 Å². The number of nitrogens with zero attached hydrogens (tertiary/aromatic N) is 5. The summed E-state index contributed by atoms with van der Waals surface area (Å²) in [6.45, 7) is 5.09. The molecule has 10 heteroatoms. The third kappa shape index (κ3) is 3.80. The van der Waals surface area contributed by atoms with Gasteiger partial charge in [0.1, 0.15) is 0 Å². The lowest BCUT2D eigenvalue weighted by Crippen LogP contribution is -2.15. The number of carbonyl (C=O) groups excluding carboxylic acids is 1. The molecule has 0 fully saturated rings. The Kier molecular flexibility index (Phi) is 5.12. The van der Waals surface area contributed by atoms with E-state index in [1.54, 1.807) is 6.20 Å². The molecule has 0 radical (unpaired) electrons. The van der Waals surface area contributed by atoms with Gasteiger partial charge in [0.15, 0.2) is 10.8 Å². The monoisotopic (exact) mass is 374 g/mol. The van der Waals surface area contributed by atoms with E-state index in [0.29, 0.717) is 11.7 Å². The van der Waals surface area contributed by atoms with Gasteiger partial charge in [0.05, 0.1) is 11.9 Å². The summed E-state index contributed by atoms with van der Waals surface area (Å²) in [4.78, 5) is 27.3. The normalized spacial score (nSPS) is 10.8. The van der Waals surface area contributed by atoms with Crippen molar-refractivity contribution in [3.8, 4) is 11.3 Å². The van der Waals surface area contributed by atoms with Crippen molar-refractivity contribution in [1.29, 1.82) is 0 Å². The van der Waals surface area contributed by atoms with E-state index in [-0.39, 0.29) is 18.0 Å². The van der Waals surface area contributed by atoms with E-state index >= 15 is 0 Å². The van der Waals surface area contributed by atoms with Crippen molar-refractivity contribution >= 4 is 28.3 Å². The first-order chi connectivity index (χ1) is 12.5. The van der Waals surface area contributed by atoms with E-state index in [9.17, 15) is 9.59 Å². The molecule has 0 saturated heterocycles. The fraction of sp³-hybridized carbons (Fsp3) is 0.312. The van der Waals surface area contributed by atoms with Crippen LogP contribution >= 0.6 is 11.3 Å². The molecular formula is C16H18N6O3S. The molecule has 0 unspecified atom stereocenters. The summed E-state index contributed by atoms with van der Waals surface area (Å²) in [5, 5.41) is 22.2. The number of carboxylic acid groups (broad SMARTS) is 1. The number of aromatic nitrogens is 5. The Morgan fingerprint density at radius 1 is 1.38 bits per heavy atom. The lowest BCUT2D eigenvalue weighted by Gasteiger charge is -2.02. The highest BCUT2D eigenvalue weighted by atomic mass is 32.1. The van der Waals surface area contributed by atoms with E-state index in [4.69, 9.17) is 5.11 Å². The van der Waals surface area contributed by atoms with Gasteiger partial charge >= 0.3 is 5.97 Å². The molecule has 1 amide bonds. The maximum Gasteiger partial charge on any atom is 0.356 e. The number of amides is 1. The number of carbonyl (C=O) groups is 2. The van der Waals surface area contributed by atoms with Crippen molar-refractivity contribution in [2.75, 3.05) is 5.32 Å². The topological polar surface area (TPSA) is 115 Å². The van der Waals surface area contributed by atoms with Gasteiger partial charge in [-0.3, -0.25) is 14.2 Å². The summed E-state index contributed by atoms with van der Waals surface area (Å²) < 4.78 is 3.32. The molecule has 3 heterocycles. The van der Waals surface area contributed by atoms with Crippen LogP contribution in [0.4, 0.5) is 5.13 Å². The van der Waals surface area contributed by atoms with E-state index in [0.717, 1.165) is 23.5 Å². The lowest BCUT2D eigenvalue weighted by molar-refractivity contribution is -0.116. The van der Waals surface area contributed by atoms with Crippen molar-refractivity contribution in [2.24, 2.45) is 0 Å². The Hall–Kier alpha value is -3.01. The van der Waals surface area contributed by atoms with Gasteiger partial charge in [-0.1, -0.05) is 0 Å². The second-order valence-electron chi connectivity index (χ2n) is 5.56. The molecule has 26 heavy (non-hydrogen) atoms. The smallest absolute Gasteiger partial charge is 0.356 e. The number of nitrogens with one attached hydrogen (secondary N) is 1.